The molecule has 2 aromatic rings. The van der Waals surface area contributed by atoms with Gasteiger partial charge in [0.1, 0.15) is 6.04 Å². The Balaban J connectivity index is 2.50. The van der Waals surface area contributed by atoms with Crippen LogP contribution < -0.4 is 5.73 Å². The summed E-state index contributed by atoms with van der Waals surface area (Å²) >= 11 is 1.74. The number of nitrogens with two attached hydrogens (primary N) is 1. The Labute approximate surface area is 113 Å². The lowest BCUT2D eigenvalue weighted by Gasteiger charge is -2.22. The Hall–Kier alpha value is -1.13. The molecule has 4 heteroatoms. The molecule has 18 heavy (non-hydrogen) atoms. The molecular formula is C14H21N3S. The number of hydrogen-bond acceptors (Lipinski definition) is 3. The van der Waals surface area contributed by atoms with E-state index in [-0.39, 0.29) is 12.1 Å². The van der Waals surface area contributed by atoms with Gasteiger partial charge in [0.05, 0.1) is 5.69 Å². The first-order valence-corrected chi connectivity index (χ1v) is 7.27. The van der Waals surface area contributed by atoms with E-state index in [1.807, 2.05) is 6.92 Å². The van der Waals surface area contributed by atoms with Gasteiger partial charge in [0.25, 0.3) is 0 Å². The van der Waals surface area contributed by atoms with Crippen molar-refractivity contribution in [2.45, 2.75) is 46.2 Å². The van der Waals surface area contributed by atoms with Gasteiger partial charge in [-0.25, -0.2) is 0 Å². The van der Waals surface area contributed by atoms with Crippen LogP contribution in [-0.2, 0) is 6.42 Å². The number of aryl methyl sites for hydroxylation is 1. The van der Waals surface area contributed by atoms with E-state index in [9.17, 15) is 0 Å². The largest absolute Gasteiger partial charge is 0.326 e. The van der Waals surface area contributed by atoms with Crippen molar-refractivity contribution in [2.75, 3.05) is 0 Å². The van der Waals surface area contributed by atoms with Crippen LogP contribution in [0.1, 0.15) is 41.7 Å². The van der Waals surface area contributed by atoms with Crippen molar-refractivity contribution in [1.82, 2.24) is 9.78 Å². The zero-order valence-electron chi connectivity index (χ0n) is 11.5. The Bertz CT molecular complexity index is 511. The number of rotatable bonds is 4. The lowest BCUT2D eigenvalue weighted by atomic mass is 10.1. The molecule has 0 spiro atoms. The minimum absolute atomic E-state index is 0.0476. The number of hydrogen-bond donors (Lipinski definition) is 1. The molecular weight excluding hydrogens is 242 g/mol. The predicted octanol–water partition coefficient (Wildman–Crippen LogP) is 3.06. The summed E-state index contributed by atoms with van der Waals surface area (Å²) in [5, 5.41) is 6.80. The van der Waals surface area contributed by atoms with Crippen LogP contribution in [0.15, 0.2) is 17.5 Å². The first-order chi connectivity index (χ1) is 8.56. The number of aromatic nitrogens is 2. The second-order valence-corrected chi connectivity index (χ2v) is 5.75. The molecule has 2 atom stereocenters. The second kappa shape index (κ2) is 5.24. The topological polar surface area (TPSA) is 43.8 Å². The summed E-state index contributed by atoms with van der Waals surface area (Å²) in [6.45, 7) is 8.44. The minimum atomic E-state index is 0.0476. The smallest absolute Gasteiger partial charge is 0.101 e. The number of thiophene rings is 1. The molecule has 0 saturated heterocycles. The van der Waals surface area contributed by atoms with E-state index < -0.39 is 0 Å². The van der Waals surface area contributed by atoms with Gasteiger partial charge in [-0.05, 0) is 44.2 Å². The van der Waals surface area contributed by atoms with Gasteiger partial charge in [-0.2, -0.15) is 5.10 Å². The van der Waals surface area contributed by atoms with Gasteiger partial charge in [-0.1, -0.05) is 13.0 Å². The average Bonchev–Trinajstić information content (AvgIpc) is 2.89. The van der Waals surface area contributed by atoms with Crippen molar-refractivity contribution in [3.8, 4) is 0 Å². The number of nitrogens with zero attached hydrogens (tertiary/aromatic N) is 2. The zero-order valence-corrected chi connectivity index (χ0v) is 12.3. The van der Waals surface area contributed by atoms with Gasteiger partial charge in [-0.15, -0.1) is 11.3 Å². The maximum atomic E-state index is 6.18. The zero-order chi connectivity index (χ0) is 13.3. The fraction of sp³-hybridized carbons (Fsp3) is 0.500. The minimum Gasteiger partial charge on any atom is -0.326 e. The van der Waals surface area contributed by atoms with Crippen LogP contribution in [0.2, 0.25) is 0 Å². The predicted molar refractivity (Wildman–Crippen MR) is 77.2 cm³/mol. The molecule has 0 aliphatic heterocycles. The van der Waals surface area contributed by atoms with Crippen molar-refractivity contribution in [2.24, 2.45) is 5.73 Å². The third-order valence-corrected chi connectivity index (χ3v) is 4.37. The van der Waals surface area contributed by atoms with E-state index in [1.54, 1.807) is 11.3 Å². The van der Waals surface area contributed by atoms with Crippen LogP contribution >= 0.6 is 11.3 Å². The van der Waals surface area contributed by atoms with Gasteiger partial charge >= 0.3 is 0 Å². The van der Waals surface area contributed by atoms with E-state index >= 15 is 0 Å². The molecule has 3 nitrogen and oxygen atoms in total. The van der Waals surface area contributed by atoms with Crippen LogP contribution in [0.3, 0.4) is 0 Å². The van der Waals surface area contributed by atoms with Crippen LogP contribution in [0, 0.1) is 13.8 Å². The summed E-state index contributed by atoms with van der Waals surface area (Å²) in [6.07, 6.45) is 1.02. The Morgan fingerprint density at radius 1 is 1.44 bits per heavy atom. The molecule has 0 aliphatic rings. The maximum absolute atomic E-state index is 6.18. The van der Waals surface area contributed by atoms with Crippen molar-refractivity contribution >= 4 is 11.3 Å². The quantitative estimate of drug-likeness (QED) is 0.921. The molecule has 0 fully saturated rings. The van der Waals surface area contributed by atoms with Crippen molar-refractivity contribution in [3.05, 3.63) is 39.3 Å². The van der Waals surface area contributed by atoms with E-state index in [2.05, 4.69) is 43.0 Å². The summed E-state index contributed by atoms with van der Waals surface area (Å²) in [7, 11) is 0. The highest BCUT2D eigenvalue weighted by atomic mass is 32.1. The van der Waals surface area contributed by atoms with Crippen molar-refractivity contribution in [1.29, 1.82) is 0 Å². The fourth-order valence-electron chi connectivity index (χ4n) is 2.54. The van der Waals surface area contributed by atoms with E-state index in [0.29, 0.717) is 0 Å². The average molecular weight is 263 g/mol. The molecule has 0 aromatic carbocycles. The first-order valence-electron chi connectivity index (χ1n) is 6.39. The highest BCUT2D eigenvalue weighted by Crippen LogP contribution is 2.28. The van der Waals surface area contributed by atoms with Gasteiger partial charge in [0, 0.05) is 16.6 Å². The lowest BCUT2D eigenvalue weighted by Crippen LogP contribution is -2.31. The molecule has 0 radical (unpaired) electrons. The first kappa shape index (κ1) is 13.3. The van der Waals surface area contributed by atoms with E-state index in [1.165, 1.54) is 16.1 Å². The molecule has 2 aromatic heterocycles. The molecule has 2 N–H and O–H groups in total. The summed E-state index contributed by atoms with van der Waals surface area (Å²) in [4.78, 5) is 1.28. The molecule has 2 unspecified atom stereocenters. The third kappa shape index (κ3) is 2.22. The molecule has 0 amide bonds. The molecule has 98 valence electrons. The SMILES string of the molecule is CCc1c(C)nn(C(c2cccs2)C(C)N)c1C. The molecule has 2 heterocycles. The maximum Gasteiger partial charge on any atom is 0.101 e. The molecule has 0 saturated carbocycles. The summed E-state index contributed by atoms with van der Waals surface area (Å²) in [5.74, 6) is 0. The highest BCUT2D eigenvalue weighted by Gasteiger charge is 2.23. The summed E-state index contributed by atoms with van der Waals surface area (Å²) < 4.78 is 2.10. The van der Waals surface area contributed by atoms with Crippen molar-refractivity contribution < 1.29 is 0 Å². The van der Waals surface area contributed by atoms with Gasteiger partial charge < -0.3 is 5.73 Å². The fourth-order valence-corrected chi connectivity index (χ4v) is 3.47. The van der Waals surface area contributed by atoms with Gasteiger partial charge in [0.2, 0.25) is 0 Å². The molecule has 0 aliphatic carbocycles. The Kier molecular flexibility index (Phi) is 3.88. The van der Waals surface area contributed by atoms with Crippen LogP contribution in [0.25, 0.3) is 0 Å². The normalized spacial score (nSPS) is 14.7. The van der Waals surface area contributed by atoms with Gasteiger partial charge in [0.15, 0.2) is 0 Å². The summed E-state index contributed by atoms with van der Waals surface area (Å²) in [5.41, 5.74) is 9.88. The van der Waals surface area contributed by atoms with E-state index in [0.717, 1.165) is 12.1 Å². The Morgan fingerprint density at radius 2 is 2.17 bits per heavy atom. The van der Waals surface area contributed by atoms with Crippen LogP contribution in [0.5, 0.6) is 0 Å². The molecule has 0 bridgehead atoms. The van der Waals surface area contributed by atoms with Crippen LogP contribution in [-0.4, -0.2) is 15.8 Å². The molecule has 2 rings (SSSR count). The highest BCUT2D eigenvalue weighted by molar-refractivity contribution is 7.10. The monoisotopic (exact) mass is 263 g/mol. The van der Waals surface area contributed by atoms with Gasteiger partial charge in [-0.3, -0.25) is 4.68 Å². The lowest BCUT2D eigenvalue weighted by molar-refractivity contribution is 0.449. The van der Waals surface area contributed by atoms with Crippen LogP contribution in [0.4, 0.5) is 0 Å². The van der Waals surface area contributed by atoms with Crippen molar-refractivity contribution in [3.63, 3.8) is 0 Å². The third-order valence-electron chi connectivity index (χ3n) is 3.42. The van der Waals surface area contributed by atoms with E-state index in [4.69, 9.17) is 10.8 Å². The summed E-state index contributed by atoms with van der Waals surface area (Å²) in [6, 6.07) is 4.40. The Morgan fingerprint density at radius 3 is 2.61 bits per heavy atom. The standard InChI is InChI=1S/C14H21N3S/c1-5-12-10(3)16-17(11(12)4)14(9(2)15)13-7-6-8-18-13/h6-9,14H,5,15H2,1-4H3. The second-order valence-electron chi connectivity index (χ2n) is 4.77.